The van der Waals surface area contributed by atoms with Crippen molar-refractivity contribution in [2.45, 2.75) is 57.2 Å². The lowest BCUT2D eigenvalue weighted by atomic mass is 9.77. The van der Waals surface area contributed by atoms with Crippen LogP contribution in [0.4, 0.5) is 13.2 Å². The number of carbonyl (C=O) groups is 1. The Morgan fingerprint density at radius 3 is 2.71 bits per heavy atom. The van der Waals surface area contributed by atoms with E-state index in [1.807, 2.05) is 26.1 Å². The molecule has 5 heterocycles. The highest BCUT2D eigenvalue weighted by atomic mass is 19.4. The van der Waals surface area contributed by atoms with Crippen LogP contribution in [0.2, 0.25) is 0 Å². The van der Waals surface area contributed by atoms with Crippen LogP contribution in [0, 0.1) is 5.92 Å². The van der Waals surface area contributed by atoms with Crippen molar-refractivity contribution in [2.24, 2.45) is 5.92 Å². The first-order valence-corrected chi connectivity index (χ1v) is 14.2. The van der Waals surface area contributed by atoms with Crippen molar-refractivity contribution in [3.05, 3.63) is 71.4 Å². The van der Waals surface area contributed by atoms with Gasteiger partial charge in [0.05, 0.1) is 11.6 Å². The van der Waals surface area contributed by atoms with E-state index in [1.54, 1.807) is 24.7 Å². The molecule has 4 aromatic rings. The number of pyridine rings is 3. The van der Waals surface area contributed by atoms with Crippen LogP contribution in [0.15, 0.2) is 49.1 Å². The Balaban J connectivity index is 1.17. The second-order valence-electron chi connectivity index (χ2n) is 11.4. The van der Waals surface area contributed by atoms with Crippen molar-refractivity contribution in [1.29, 1.82) is 0 Å². The van der Waals surface area contributed by atoms with Crippen LogP contribution in [0.1, 0.15) is 54.5 Å². The maximum atomic E-state index is 14.0. The number of ketones is 1. The molecule has 2 aliphatic rings. The number of aromatic nitrogens is 4. The SMILES string of the molecule is CC1CC(C(=O)Cc2cnc(OC3CCN(C)CC3)c(C(F)(F)F)c2)Cc2cc(Oc3ccnc4[nH]ccc34)cnc21. The molecule has 1 fully saturated rings. The molecular weight excluding hydrogens is 547 g/mol. The maximum Gasteiger partial charge on any atom is 0.421 e. The minimum atomic E-state index is -4.64. The number of nitrogens with zero attached hydrogens (tertiary/aromatic N) is 4. The summed E-state index contributed by atoms with van der Waals surface area (Å²) < 4.78 is 53.8. The predicted octanol–water partition coefficient (Wildman–Crippen LogP) is 6.11. The summed E-state index contributed by atoms with van der Waals surface area (Å²) in [7, 11) is 1.97. The number of nitrogens with one attached hydrogen (secondary N) is 1. The zero-order valence-corrected chi connectivity index (χ0v) is 23.4. The average molecular weight is 580 g/mol. The first kappa shape index (κ1) is 28.1. The molecule has 4 aromatic heterocycles. The molecule has 0 spiro atoms. The monoisotopic (exact) mass is 579 g/mol. The van der Waals surface area contributed by atoms with Crippen molar-refractivity contribution in [3.63, 3.8) is 0 Å². The fourth-order valence-electron chi connectivity index (χ4n) is 5.94. The predicted molar refractivity (Wildman–Crippen MR) is 150 cm³/mol. The second kappa shape index (κ2) is 11.4. The van der Waals surface area contributed by atoms with Gasteiger partial charge in [0.25, 0.3) is 0 Å². The molecule has 6 rings (SSSR count). The van der Waals surface area contributed by atoms with Gasteiger partial charge in [0.2, 0.25) is 5.88 Å². The molecular formula is C31H32F3N5O3. The third-order valence-corrected chi connectivity index (χ3v) is 8.19. The van der Waals surface area contributed by atoms with Gasteiger partial charge in [0, 0.05) is 49.7 Å². The van der Waals surface area contributed by atoms with E-state index in [9.17, 15) is 18.0 Å². The average Bonchev–Trinajstić information content (AvgIpc) is 3.44. The number of aromatic amines is 1. The Morgan fingerprint density at radius 1 is 1.12 bits per heavy atom. The number of halogens is 3. The number of hydrogen-bond donors (Lipinski definition) is 1. The van der Waals surface area contributed by atoms with Crippen LogP contribution < -0.4 is 9.47 Å². The third-order valence-electron chi connectivity index (χ3n) is 8.19. The zero-order valence-electron chi connectivity index (χ0n) is 23.4. The Morgan fingerprint density at radius 2 is 1.93 bits per heavy atom. The smallest absolute Gasteiger partial charge is 0.421 e. The van der Waals surface area contributed by atoms with Crippen LogP contribution >= 0.6 is 0 Å². The van der Waals surface area contributed by atoms with Crippen molar-refractivity contribution >= 4 is 16.8 Å². The number of piperidine rings is 1. The van der Waals surface area contributed by atoms with E-state index >= 15 is 0 Å². The largest absolute Gasteiger partial charge is 0.474 e. The van der Waals surface area contributed by atoms with Crippen LogP contribution in [0.25, 0.3) is 11.0 Å². The molecule has 42 heavy (non-hydrogen) atoms. The fraction of sp³-hybridized carbons (Fsp3) is 0.419. The van der Waals surface area contributed by atoms with Crippen molar-refractivity contribution in [2.75, 3.05) is 20.1 Å². The van der Waals surface area contributed by atoms with Gasteiger partial charge >= 0.3 is 6.18 Å². The molecule has 1 saturated heterocycles. The van der Waals surface area contributed by atoms with E-state index in [2.05, 4.69) is 24.8 Å². The summed E-state index contributed by atoms with van der Waals surface area (Å²) in [5, 5.41) is 0.839. The molecule has 0 amide bonds. The number of ether oxygens (including phenoxy) is 2. The number of likely N-dealkylation sites (tertiary alicyclic amines) is 1. The summed E-state index contributed by atoms with van der Waals surface area (Å²) in [5.41, 5.74) is 1.81. The van der Waals surface area contributed by atoms with Gasteiger partial charge in [-0.05, 0) is 74.0 Å². The first-order valence-electron chi connectivity index (χ1n) is 14.2. The summed E-state index contributed by atoms with van der Waals surface area (Å²) in [6.45, 7) is 3.52. The van der Waals surface area contributed by atoms with E-state index in [4.69, 9.17) is 9.47 Å². The zero-order chi connectivity index (χ0) is 29.4. The van der Waals surface area contributed by atoms with Crippen LogP contribution in [0.5, 0.6) is 17.4 Å². The normalized spacial score (nSPS) is 19.9. The molecule has 1 aliphatic carbocycles. The fourth-order valence-corrected chi connectivity index (χ4v) is 5.94. The van der Waals surface area contributed by atoms with Gasteiger partial charge in [-0.2, -0.15) is 13.2 Å². The molecule has 11 heteroatoms. The number of rotatable bonds is 7. The van der Waals surface area contributed by atoms with Gasteiger partial charge < -0.3 is 19.4 Å². The molecule has 1 N–H and O–H groups in total. The number of Topliss-reactive ketones (excluding diaryl/α,β-unsaturated/α-hetero) is 1. The van der Waals surface area contributed by atoms with Gasteiger partial charge in [-0.3, -0.25) is 9.78 Å². The van der Waals surface area contributed by atoms with Crippen molar-refractivity contribution in [1.82, 2.24) is 24.8 Å². The van der Waals surface area contributed by atoms with Crippen LogP contribution in [0.3, 0.4) is 0 Å². The summed E-state index contributed by atoms with van der Waals surface area (Å²) >= 11 is 0. The highest BCUT2D eigenvalue weighted by Crippen LogP contribution is 2.39. The molecule has 0 aromatic carbocycles. The van der Waals surface area contributed by atoms with Gasteiger partial charge in [0.15, 0.2) is 0 Å². The summed E-state index contributed by atoms with van der Waals surface area (Å²) in [6.07, 6.45) is 3.64. The van der Waals surface area contributed by atoms with Crippen LogP contribution in [-0.2, 0) is 23.8 Å². The third kappa shape index (κ3) is 5.97. The Bertz CT molecular complexity index is 1600. The lowest BCUT2D eigenvalue weighted by Crippen LogP contribution is -2.36. The quantitative estimate of drug-likeness (QED) is 0.282. The van der Waals surface area contributed by atoms with E-state index in [1.165, 1.54) is 6.20 Å². The Hall–Kier alpha value is -3.99. The van der Waals surface area contributed by atoms with Crippen molar-refractivity contribution < 1.29 is 27.4 Å². The minimum Gasteiger partial charge on any atom is -0.474 e. The molecule has 0 saturated carbocycles. The maximum absolute atomic E-state index is 14.0. The lowest BCUT2D eigenvalue weighted by Gasteiger charge is -2.29. The van der Waals surface area contributed by atoms with Gasteiger partial charge in [-0.15, -0.1) is 0 Å². The highest BCUT2D eigenvalue weighted by molar-refractivity contribution is 5.84. The van der Waals surface area contributed by atoms with E-state index in [0.717, 1.165) is 35.8 Å². The van der Waals surface area contributed by atoms with E-state index < -0.39 is 17.6 Å². The Kier molecular flexibility index (Phi) is 7.61. The number of carbonyl (C=O) groups excluding carboxylic acids is 1. The molecule has 0 bridgehead atoms. The Labute approximate surface area is 241 Å². The minimum absolute atomic E-state index is 0.0169. The number of hydrogen-bond acceptors (Lipinski definition) is 7. The highest BCUT2D eigenvalue weighted by Gasteiger charge is 2.37. The molecule has 220 valence electrons. The number of alkyl halides is 3. The number of fused-ring (bicyclic) bond motifs is 2. The molecule has 2 atom stereocenters. The topological polar surface area (TPSA) is 93.2 Å². The number of H-pyrrole nitrogens is 1. The summed E-state index contributed by atoms with van der Waals surface area (Å²) in [4.78, 5) is 31.5. The molecule has 2 unspecified atom stereocenters. The summed E-state index contributed by atoms with van der Waals surface area (Å²) in [5.74, 6) is 0.298. The molecule has 1 aliphatic heterocycles. The van der Waals surface area contributed by atoms with Crippen molar-refractivity contribution in [3.8, 4) is 17.4 Å². The summed E-state index contributed by atoms with van der Waals surface area (Å²) in [6, 6.07) is 6.57. The van der Waals surface area contributed by atoms with Gasteiger partial charge in [0.1, 0.15) is 34.6 Å². The van der Waals surface area contributed by atoms with Crippen LogP contribution in [-0.4, -0.2) is 56.9 Å². The van der Waals surface area contributed by atoms with E-state index in [0.29, 0.717) is 42.8 Å². The standard InChI is InChI=1S/C31H32F3N5O3/c1-18-11-20(14-21-15-23(17-37-28(18)21)41-27-4-8-36-29-24(27)3-7-35-29)26(40)13-19-12-25(31(32,33)34)30(38-16-19)42-22-5-9-39(2)10-6-22/h3-4,7-8,12,15-18,20,22H,5-6,9-11,13-14H2,1-2H3,(H,35,36). The lowest BCUT2D eigenvalue weighted by molar-refractivity contribution is -0.140. The van der Waals surface area contributed by atoms with Gasteiger partial charge in [-0.1, -0.05) is 6.92 Å². The van der Waals surface area contributed by atoms with Gasteiger partial charge in [-0.25, -0.2) is 9.97 Å². The van der Waals surface area contributed by atoms with E-state index in [-0.39, 0.29) is 35.7 Å². The first-order chi connectivity index (χ1) is 20.1. The molecule has 0 radical (unpaired) electrons. The second-order valence-corrected chi connectivity index (χ2v) is 11.4. The molecule has 8 nitrogen and oxygen atoms in total.